The second-order valence-corrected chi connectivity index (χ2v) is 5.40. The van der Waals surface area contributed by atoms with E-state index in [9.17, 15) is 9.59 Å². The zero-order chi connectivity index (χ0) is 13.7. The lowest BCUT2D eigenvalue weighted by Gasteiger charge is -2.19. The van der Waals surface area contributed by atoms with Crippen molar-refractivity contribution in [2.45, 2.75) is 45.7 Å². The summed E-state index contributed by atoms with van der Waals surface area (Å²) in [5, 5.41) is 6.91. The number of carbonyl (C=O) groups is 1. The lowest BCUT2D eigenvalue weighted by Crippen LogP contribution is -2.41. The van der Waals surface area contributed by atoms with E-state index < -0.39 is 6.04 Å². The molecular weight excluding hydrogens is 345 g/mol. The Balaban J connectivity index is 2.83. The Morgan fingerprint density at radius 2 is 2.11 bits per heavy atom. The normalized spacial score (nSPS) is 12.5. The standard InChI is InChI=1S/C12H18IN3O2/c1-4-10(5-2)15-12(18)8(3)16-11(17)6-9(13)7-14-16/h6-8,10H,4-5H2,1-3H3,(H,15,18). The van der Waals surface area contributed by atoms with E-state index in [0.29, 0.717) is 0 Å². The first kappa shape index (κ1) is 15.1. The summed E-state index contributed by atoms with van der Waals surface area (Å²) in [6, 6.07) is 1.03. The number of aromatic nitrogens is 2. The lowest BCUT2D eigenvalue weighted by atomic mass is 10.1. The van der Waals surface area contributed by atoms with Crippen molar-refractivity contribution in [1.82, 2.24) is 15.1 Å². The SMILES string of the molecule is CCC(CC)NC(=O)C(C)n1ncc(I)cc1=O. The highest BCUT2D eigenvalue weighted by molar-refractivity contribution is 14.1. The number of nitrogens with zero attached hydrogens (tertiary/aromatic N) is 2. The van der Waals surface area contributed by atoms with Gasteiger partial charge < -0.3 is 5.32 Å². The summed E-state index contributed by atoms with van der Waals surface area (Å²) in [6.07, 6.45) is 3.33. The maximum Gasteiger partial charge on any atom is 0.268 e. The van der Waals surface area contributed by atoms with Crippen LogP contribution in [0.5, 0.6) is 0 Å². The third-order valence-corrected chi connectivity index (χ3v) is 3.46. The zero-order valence-electron chi connectivity index (χ0n) is 10.8. The van der Waals surface area contributed by atoms with E-state index in [4.69, 9.17) is 0 Å². The fourth-order valence-corrected chi connectivity index (χ4v) is 2.00. The molecule has 1 aromatic rings. The quantitative estimate of drug-likeness (QED) is 0.811. The highest BCUT2D eigenvalue weighted by atomic mass is 127. The van der Waals surface area contributed by atoms with Crippen LogP contribution in [0.2, 0.25) is 0 Å². The van der Waals surface area contributed by atoms with Gasteiger partial charge in [-0.3, -0.25) is 9.59 Å². The van der Waals surface area contributed by atoms with Gasteiger partial charge in [-0.05, 0) is 42.4 Å². The van der Waals surface area contributed by atoms with Crippen molar-refractivity contribution in [3.05, 3.63) is 26.2 Å². The summed E-state index contributed by atoms with van der Waals surface area (Å²) in [6.45, 7) is 5.72. The van der Waals surface area contributed by atoms with Gasteiger partial charge in [0.1, 0.15) is 6.04 Å². The minimum absolute atomic E-state index is 0.152. The van der Waals surface area contributed by atoms with Gasteiger partial charge in [0.2, 0.25) is 5.91 Å². The van der Waals surface area contributed by atoms with Gasteiger partial charge >= 0.3 is 0 Å². The maximum atomic E-state index is 12.0. The van der Waals surface area contributed by atoms with Gasteiger partial charge in [-0.1, -0.05) is 13.8 Å². The van der Waals surface area contributed by atoms with Crippen molar-refractivity contribution in [2.24, 2.45) is 0 Å². The van der Waals surface area contributed by atoms with E-state index in [0.717, 1.165) is 16.4 Å². The molecular formula is C12H18IN3O2. The molecule has 0 saturated heterocycles. The van der Waals surface area contributed by atoms with Crippen molar-refractivity contribution in [1.29, 1.82) is 0 Å². The third kappa shape index (κ3) is 3.79. The van der Waals surface area contributed by atoms with Crippen molar-refractivity contribution in [3.63, 3.8) is 0 Å². The van der Waals surface area contributed by atoms with E-state index >= 15 is 0 Å². The Bertz CT molecular complexity index is 469. The third-order valence-electron chi connectivity index (χ3n) is 2.87. The topological polar surface area (TPSA) is 64.0 Å². The number of amides is 1. The average Bonchev–Trinajstić information content (AvgIpc) is 2.34. The minimum atomic E-state index is -0.588. The zero-order valence-corrected chi connectivity index (χ0v) is 13.0. The van der Waals surface area contributed by atoms with Gasteiger partial charge in [-0.25, -0.2) is 4.68 Å². The minimum Gasteiger partial charge on any atom is -0.352 e. The average molecular weight is 363 g/mol. The van der Waals surface area contributed by atoms with E-state index in [2.05, 4.69) is 10.4 Å². The van der Waals surface area contributed by atoms with Crippen molar-refractivity contribution >= 4 is 28.5 Å². The van der Waals surface area contributed by atoms with E-state index in [1.807, 2.05) is 36.4 Å². The number of rotatable bonds is 5. The number of carbonyl (C=O) groups excluding carboxylic acids is 1. The fourth-order valence-electron chi connectivity index (χ4n) is 1.61. The second kappa shape index (κ2) is 6.86. The van der Waals surface area contributed by atoms with Gasteiger partial charge in [-0.2, -0.15) is 5.10 Å². The molecule has 5 nitrogen and oxygen atoms in total. The molecule has 6 heteroatoms. The molecule has 1 aromatic heterocycles. The summed E-state index contributed by atoms with van der Waals surface area (Å²) >= 11 is 2.02. The molecule has 0 radical (unpaired) electrons. The highest BCUT2D eigenvalue weighted by Crippen LogP contribution is 2.05. The van der Waals surface area contributed by atoms with Crippen LogP contribution >= 0.6 is 22.6 Å². The lowest BCUT2D eigenvalue weighted by molar-refractivity contribution is -0.125. The first-order valence-electron chi connectivity index (χ1n) is 6.04. The predicted octanol–water partition coefficient (Wildman–Crippen LogP) is 1.71. The molecule has 0 aliphatic carbocycles. The van der Waals surface area contributed by atoms with Crippen molar-refractivity contribution in [3.8, 4) is 0 Å². The molecule has 0 aromatic carbocycles. The highest BCUT2D eigenvalue weighted by Gasteiger charge is 2.19. The summed E-state index contributed by atoms with van der Waals surface area (Å²) in [4.78, 5) is 23.7. The molecule has 0 aliphatic heterocycles. The number of nitrogens with one attached hydrogen (secondary N) is 1. The summed E-state index contributed by atoms with van der Waals surface area (Å²) in [7, 11) is 0. The molecule has 100 valence electrons. The molecule has 1 amide bonds. The number of hydrogen-bond donors (Lipinski definition) is 1. The Hall–Kier alpha value is -0.920. The van der Waals surface area contributed by atoms with Crippen LogP contribution in [0.3, 0.4) is 0 Å². The molecule has 1 heterocycles. The van der Waals surface area contributed by atoms with Crippen LogP contribution in [0, 0.1) is 3.57 Å². The van der Waals surface area contributed by atoms with Gasteiger partial charge in [-0.15, -0.1) is 0 Å². The molecule has 0 aliphatic rings. The summed E-state index contributed by atoms with van der Waals surface area (Å²) < 4.78 is 1.97. The van der Waals surface area contributed by atoms with Gasteiger partial charge in [0.15, 0.2) is 0 Å². The monoisotopic (exact) mass is 363 g/mol. The van der Waals surface area contributed by atoms with Gasteiger partial charge in [0.25, 0.3) is 5.56 Å². The first-order chi connectivity index (χ1) is 8.49. The Morgan fingerprint density at radius 1 is 1.50 bits per heavy atom. The molecule has 1 unspecified atom stereocenters. The molecule has 0 saturated carbocycles. The second-order valence-electron chi connectivity index (χ2n) is 4.15. The molecule has 0 bridgehead atoms. The fraction of sp³-hybridized carbons (Fsp3) is 0.583. The molecule has 1 rings (SSSR count). The predicted molar refractivity (Wildman–Crippen MR) is 78.4 cm³/mol. The van der Waals surface area contributed by atoms with E-state index in [1.54, 1.807) is 13.1 Å². The molecule has 1 atom stereocenters. The maximum absolute atomic E-state index is 12.0. The molecule has 0 spiro atoms. The van der Waals surface area contributed by atoms with Crippen LogP contribution < -0.4 is 10.9 Å². The van der Waals surface area contributed by atoms with Crippen molar-refractivity contribution in [2.75, 3.05) is 0 Å². The molecule has 18 heavy (non-hydrogen) atoms. The summed E-state index contributed by atoms with van der Waals surface area (Å²) in [5.74, 6) is -0.167. The van der Waals surface area contributed by atoms with Crippen LogP contribution in [0.4, 0.5) is 0 Å². The van der Waals surface area contributed by atoms with Gasteiger partial charge in [0, 0.05) is 15.7 Å². The van der Waals surface area contributed by atoms with Crippen LogP contribution in [-0.2, 0) is 4.79 Å². The van der Waals surface area contributed by atoms with Gasteiger partial charge in [0.05, 0.1) is 6.20 Å². The van der Waals surface area contributed by atoms with Crippen LogP contribution in [0.25, 0.3) is 0 Å². The number of hydrogen-bond acceptors (Lipinski definition) is 3. The van der Waals surface area contributed by atoms with Crippen LogP contribution in [0.1, 0.15) is 39.7 Å². The molecule has 0 fully saturated rings. The molecule has 1 N–H and O–H groups in total. The Labute approximate surface area is 120 Å². The first-order valence-corrected chi connectivity index (χ1v) is 7.12. The van der Waals surface area contributed by atoms with Crippen LogP contribution in [-0.4, -0.2) is 21.7 Å². The summed E-state index contributed by atoms with van der Waals surface area (Å²) in [5.41, 5.74) is -0.255. The smallest absolute Gasteiger partial charge is 0.268 e. The van der Waals surface area contributed by atoms with Crippen molar-refractivity contribution < 1.29 is 4.79 Å². The van der Waals surface area contributed by atoms with E-state index in [-0.39, 0.29) is 17.5 Å². The van der Waals surface area contributed by atoms with Crippen LogP contribution in [0.15, 0.2) is 17.1 Å². The number of halogens is 1. The Morgan fingerprint density at radius 3 is 2.61 bits per heavy atom. The Kier molecular flexibility index (Phi) is 5.77. The van der Waals surface area contributed by atoms with E-state index in [1.165, 1.54) is 10.7 Å². The largest absolute Gasteiger partial charge is 0.352 e.